The molecule has 646 valence electrons. The van der Waals surface area contributed by atoms with Crippen LogP contribution >= 0.6 is 23.2 Å². The van der Waals surface area contributed by atoms with Gasteiger partial charge in [-0.2, -0.15) is 40.3 Å². The summed E-state index contributed by atoms with van der Waals surface area (Å²) in [5.41, 5.74) is 11.3. The fourth-order valence-electron chi connectivity index (χ4n) is 11.5. The fourth-order valence-corrected chi connectivity index (χ4v) is 12.0. The van der Waals surface area contributed by atoms with E-state index in [-0.39, 0.29) is 36.2 Å². The van der Waals surface area contributed by atoms with Crippen molar-refractivity contribution < 1.29 is 56.8 Å². The molecule has 0 saturated carbocycles. The molecular formula is C86H75Cl2FN28O11. The minimum Gasteiger partial charge on any atom is -0.494 e. The summed E-state index contributed by atoms with van der Waals surface area (Å²) in [6.07, 6.45) is 5.47. The van der Waals surface area contributed by atoms with Crippen LogP contribution in [-0.4, -0.2) is 172 Å². The summed E-state index contributed by atoms with van der Waals surface area (Å²) in [5, 5.41) is 53.8. The van der Waals surface area contributed by atoms with Crippen LogP contribution in [-0.2, 0) is 30.2 Å². The molecular weight excluding hydrogens is 1690 g/mol. The number of H-pyrrole nitrogens is 4. The van der Waals surface area contributed by atoms with Crippen molar-refractivity contribution in [3.05, 3.63) is 287 Å². The zero-order chi connectivity index (χ0) is 89.7. The van der Waals surface area contributed by atoms with Crippen molar-refractivity contribution >= 4 is 141 Å². The summed E-state index contributed by atoms with van der Waals surface area (Å²) < 4.78 is 43.1. The smallest absolute Gasteiger partial charge is 0.338 e. The summed E-state index contributed by atoms with van der Waals surface area (Å²) in [4.78, 5) is 108. The molecule has 0 spiro atoms. The summed E-state index contributed by atoms with van der Waals surface area (Å²) in [6, 6.07) is 60.9. The summed E-state index contributed by atoms with van der Waals surface area (Å²) in [5.74, 6) is 2.99. The van der Waals surface area contributed by atoms with Gasteiger partial charge in [0.2, 0.25) is 47.6 Å². The normalized spacial score (nSPS) is 10.5. The van der Waals surface area contributed by atoms with Gasteiger partial charge in [-0.05, 0) is 139 Å². The Hall–Kier alpha value is -17.3. The van der Waals surface area contributed by atoms with E-state index in [4.69, 9.17) is 51.6 Å². The molecule has 12 N–H and O–H groups in total. The lowest BCUT2D eigenvalue weighted by Crippen LogP contribution is -2.07. The monoisotopic (exact) mass is 1760 g/mol. The number of aromatic amines is 4. The number of methoxy groups -OCH3 is 4. The van der Waals surface area contributed by atoms with Gasteiger partial charge in [-0.15, -0.1) is 0 Å². The highest BCUT2D eigenvalue weighted by atomic mass is 35.5. The molecule has 16 rings (SSSR count). The number of rotatable bonds is 29. The number of hydrogen-bond donors (Lipinski definition) is 12. The van der Waals surface area contributed by atoms with E-state index in [1.54, 1.807) is 171 Å². The van der Waals surface area contributed by atoms with Crippen LogP contribution in [0.3, 0.4) is 0 Å². The lowest BCUT2D eigenvalue weighted by atomic mass is 10.1. The van der Waals surface area contributed by atoms with Crippen molar-refractivity contribution in [3.63, 3.8) is 0 Å². The number of aromatic nitrogens is 20. The molecule has 0 aliphatic carbocycles. The maximum Gasteiger partial charge on any atom is 0.338 e. The Labute approximate surface area is 736 Å². The Morgan fingerprint density at radius 3 is 1.03 bits per heavy atom. The van der Waals surface area contributed by atoms with Gasteiger partial charge in [0.1, 0.15) is 36.9 Å². The maximum absolute atomic E-state index is 13.7. The topological polar surface area (TPSA) is 506 Å². The van der Waals surface area contributed by atoms with Crippen LogP contribution in [0.5, 0.6) is 5.75 Å². The predicted molar refractivity (Wildman–Crippen MR) is 474 cm³/mol. The highest BCUT2D eigenvalue weighted by Gasteiger charge is 2.18. The van der Waals surface area contributed by atoms with Crippen LogP contribution in [0.1, 0.15) is 71.2 Å². The zero-order valence-electron chi connectivity index (χ0n) is 68.4. The minimum atomic E-state index is -0.404. The molecule has 8 aromatic heterocycles. The molecule has 8 heterocycles. The molecule has 42 heteroatoms. The second kappa shape index (κ2) is 43.5. The molecule has 0 atom stereocenters. The van der Waals surface area contributed by atoms with E-state index < -0.39 is 23.9 Å². The number of nitrogens with zero attached hydrogens (tertiary/aromatic N) is 16. The highest BCUT2D eigenvalue weighted by molar-refractivity contribution is 6.35. The van der Waals surface area contributed by atoms with Gasteiger partial charge in [0.05, 0.1) is 92.2 Å². The molecule has 16 aromatic rings. The fraction of sp³-hybridized carbons (Fsp3) is 0.105. The third-order valence-electron chi connectivity index (χ3n) is 17.6. The van der Waals surface area contributed by atoms with E-state index in [0.29, 0.717) is 121 Å². The van der Waals surface area contributed by atoms with Crippen molar-refractivity contribution in [1.82, 2.24) is 101 Å². The largest absolute Gasteiger partial charge is 0.494 e. The number of carbonyl (C=O) groups is 5. The molecule has 0 unspecified atom stereocenters. The van der Waals surface area contributed by atoms with Crippen LogP contribution in [0.4, 0.5) is 92.3 Å². The summed E-state index contributed by atoms with van der Waals surface area (Å²) in [6.45, 7) is 4.81. The first-order chi connectivity index (χ1) is 62.3. The Kier molecular flexibility index (Phi) is 30.0. The van der Waals surface area contributed by atoms with Gasteiger partial charge in [0.25, 0.3) is 0 Å². The van der Waals surface area contributed by atoms with Crippen molar-refractivity contribution in [2.75, 3.05) is 84.2 Å². The van der Waals surface area contributed by atoms with Gasteiger partial charge >= 0.3 is 29.8 Å². The van der Waals surface area contributed by atoms with Crippen molar-refractivity contribution in [2.45, 2.75) is 20.4 Å². The number of halogens is 3. The molecule has 8 aromatic carbocycles. The van der Waals surface area contributed by atoms with Gasteiger partial charge in [-0.1, -0.05) is 102 Å². The second-order valence-corrected chi connectivity index (χ2v) is 27.1. The summed E-state index contributed by atoms with van der Waals surface area (Å²) >= 11 is 12.0. The molecule has 128 heavy (non-hydrogen) atoms. The first-order valence-corrected chi connectivity index (χ1v) is 39.1. The number of ether oxygens (including phenoxy) is 6. The predicted octanol–water partition coefficient (Wildman–Crippen LogP) is 16.0. The Balaban J connectivity index is 0.000000146. The molecule has 39 nitrogen and oxygen atoms in total. The number of carbonyl (C=O) groups excluding carboxylic acids is 5. The van der Waals surface area contributed by atoms with Crippen molar-refractivity contribution in [2.24, 2.45) is 0 Å². The van der Waals surface area contributed by atoms with Gasteiger partial charge in [0, 0.05) is 69.5 Å². The lowest BCUT2D eigenvalue weighted by Gasteiger charge is -2.08. The van der Waals surface area contributed by atoms with Crippen LogP contribution in [0.25, 0.3) is 45.0 Å². The van der Waals surface area contributed by atoms with E-state index in [1.165, 1.54) is 59.8 Å². The number of hydrogen-bond acceptors (Lipinski definition) is 35. The lowest BCUT2D eigenvalue weighted by molar-refractivity contribution is 0.0523. The average molecular weight is 1770 g/mol. The third kappa shape index (κ3) is 25.0. The Morgan fingerprint density at radius 2 is 0.672 bits per heavy atom. The van der Waals surface area contributed by atoms with E-state index in [2.05, 4.69) is 143 Å². The van der Waals surface area contributed by atoms with E-state index in [1.807, 2.05) is 49.4 Å². The standard InChI is InChI=1S/C23H21N7O4.C22H21N7O3.C21H18FN7O2.C20H15Cl2N7O2/c1-3-34-21(32)16-5-4-6-17(11-16)26-22-24-13-25-23(28-22)27-19-12-18(29-30-19)14-7-9-15(10-8-14)20(31)33-2;1-3-32-17-6-4-5-16(11-17)25-21-23-13-24-22(27-21)26-19-12-18(28-29-19)14-7-9-15(10-8-14)20(30)31-2;1-31-19(30)14-8-6-13(7-9-14)17-10-18(29-28-17)26-21-25-12-24-20(27-21)23-11-15-4-2-3-5-16(15)22;1-31-18(30)12-4-2-11(3-5-12)16-9-17(29-28-16)26-20-24-10-23-19(27-20)25-15-7-13(21)6-14(22)8-15/h4-13H,3H2,1-2H3,(H3,24,25,26,27,28,29,30);4-13H,3H2,1-2H3,(H3,23,24,25,26,27,28,29);2-10,12H,11H2,1H3,(H3,23,24,25,26,27,28,29);2-10H,1H3,(H3,23,24,25,26,27,28,29). The maximum atomic E-state index is 13.7. The molecule has 0 aliphatic rings. The second-order valence-electron chi connectivity index (χ2n) is 26.2. The van der Waals surface area contributed by atoms with Crippen LogP contribution in [0.15, 0.2) is 238 Å². The van der Waals surface area contributed by atoms with Crippen molar-refractivity contribution in [3.8, 4) is 50.8 Å². The molecule has 0 radical (unpaired) electrons. The van der Waals surface area contributed by atoms with E-state index >= 15 is 0 Å². The van der Waals surface area contributed by atoms with Crippen LogP contribution in [0, 0.1) is 5.82 Å². The number of nitrogens with one attached hydrogen (secondary N) is 12. The van der Waals surface area contributed by atoms with Crippen LogP contribution < -0.4 is 47.3 Å². The van der Waals surface area contributed by atoms with Crippen molar-refractivity contribution in [1.29, 1.82) is 0 Å². The molecule has 0 amide bonds. The van der Waals surface area contributed by atoms with Gasteiger partial charge in [-0.25, -0.2) is 68.2 Å². The Morgan fingerprint density at radius 1 is 0.336 bits per heavy atom. The first kappa shape index (κ1) is 88.5. The van der Waals surface area contributed by atoms with Gasteiger partial charge in [-0.3, -0.25) is 20.4 Å². The van der Waals surface area contributed by atoms with Gasteiger partial charge in [0.15, 0.2) is 23.3 Å². The highest BCUT2D eigenvalue weighted by Crippen LogP contribution is 2.30. The Bertz CT molecular complexity index is 6470. The van der Waals surface area contributed by atoms with Crippen LogP contribution in [0.2, 0.25) is 10.0 Å². The molecule has 0 saturated heterocycles. The number of esters is 5. The number of anilines is 15. The quantitative estimate of drug-likeness (QED) is 0.0153. The van der Waals surface area contributed by atoms with E-state index in [0.717, 1.165) is 56.5 Å². The molecule has 0 fully saturated rings. The molecule has 0 aliphatic heterocycles. The van der Waals surface area contributed by atoms with E-state index in [9.17, 15) is 28.4 Å². The number of benzene rings is 8. The first-order valence-electron chi connectivity index (χ1n) is 38.4. The average Bonchev–Trinajstić information content (AvgIpc) is 1.60. The SMILES string of the molecule is CCOC(=O)c1cccc(Nc2ncnc(Nc3cc(-c4ccc(C(=O)OC)cc4)[nH]n3)n2)c1.CCOc1cccc(Nc2ncnc(Nc3cc(-c4ccc(C(=O)OC)cc4)[nH]n3)n2)c1.COC(=O)c1ccc(-c2cc(Nc3ncnc(NCc4ccccc4F)n3)n[nH]2)cc1.COC(=O)c1ccc(-c2cc(Nc3ncnc(Nc4cc(Cl)cc(Cl)c4)n3)n[nH]2)cc1. The van der Waals surface area contributed by atoms with Gasteiger partial charge < -0.3 is 71.0 Å². The minimum absolute atomic E-state index is 0.240. The zero-order valence-corrected chi connectivity index (χ0v) is 69.9. The summed E-state index contributed by atoms with van der Waals surface area (Å²) in [7, 11) is 5.37. The molecule has 0 bridgehead atoms. The third-order valence-corrected chi connectivity index (χ3v) is 18.0.